The van der Waals surface area contributed by atoms with Gasteiger partial charge in [0, 0.05) is 6.07 Å². The van der Waals surface area contributed by atoms with E-state index in [9.17, 15) is 13.2 Å². The van der Waals surface area contributed by atoms with Crippen LogP contribution in [0.25, 0.3) is 0 Å². The number of amides is 1. The van der Waals surface area contributed by atoms with Gasteiger partial charge in [-0.2, -0.15) is 5.10 Å². The quantitative estimate of drug-likeness (QED) is 0.214. The summed E-state index contributed by atoms with van der Waals surface area (Å²) in [5.41, 5.74) is 5.71. The number of ether oxygens (including phenoxy) is 2. The van der Waals surface area contributed by atoms with Crippen molar-refractivity contribution in [1.29, 1.82) is 0 Å². The number of anilines is 1. The fourth-order valence-electron chi connectivity index (χ4n) is 3.65. The highest BCUT2D eigenvalue weighted by molar-refractivity contribution is 7.92. The Hall–Kier alpha value is -4.63. The Balaban J connectivity index is 1.40. The normalized spacial score (nSPS) is 11.2. The van der Waals surface area contributed by atoms with Gasteiger partial charge >= 0.3 is 0 Å². The van der Waals surface area contributed by atoms with Crippen LogP contribution in [-0.4, -0.2) is 34.2 Å². The smallest absolute Gasteiger partial charge is 0.264 e. The molecule has 0 aliphatic rings. The fourth-order valence-corrected chi connectivity index (χ4v) is 5.08. The first-order valence-electron chi connectivity index (χ1n) is 12.2. The highest BCUT2D eigenvalue weighted by Crippen LogP contribution is 2.26. The van der Waals surface area contributed by atoms with Crippen molar-refractivity contribution in [2.75, 3.05) is 18.0 Å². The molecule has 0 aliphatic heterocycles. The lowest BCUT2D eigenvalue weighted by Gasteiger charge is -2.24. The van der Waals surface area contributed by atoms with Crippen LogP contribution in [-0.2, 0) is 21.4 Å². The van der Waals surface area contributed by atoms with Gasteiger partial charge in [0.2, 0.25) is 0 Å². The van der Waals surface area contributed by atoms with Gasteiger partial charge in [0.05, 0.1) is 23.9 Å². The number of nitrogens with one attached hydrogen (secondary N) is 1. The Labute approximate surface area is 228 Å². The Morgan fingerprint density at radius 2 is 1.62 bits per heavy atom. The molecule has 0 saturated carbocycles. The summed E-state index contributed by atoms with van der Waals surface area (Å²) in [5, 5.41) is 4.00. The van der Waals surface area contributed by atoms with Crippen LogP contribution in [0.4, 0.5) is 5.69 Å². The minimum atomic E-state index is -4.03. The number of hydrazone groups is 1. The van der Waals surface area contributed by atoms with E-state index in [4.69, 9.17) is 9.47 Å². The predicted octanol–water partition coefficient (Wildman–Crippen LogP) is 4.93. The summed E-state index contributed by atoms with van der Waals surface area (Å²) in [6, 6.07) is 29.8. The summed E-state index contributed by atoms with van der Waals surface area (Å²) in [6.07, 6.45) is 1.48. The molecule has 0 fully saturated rings. The van der Waals surface area contributed by atoms with E-state index in [1.165, 1.54) is 31.0 Å². The van der Waals surface area contributed by atoms with Crippen molar-refractivity contribution in [3.8, 4) is 11.5 Å². The molecule has 4 aromatic carbocycles. The maximum absolute atomic E-state index is 13.4. The molecular formula is C30H29N3O5S. The van der Waals surface area contributed by atoms with Crippen LogP contribution in [0.2, 0.25) is 0 Å². The van der Waals surface area contributed by atoms with Gasteiger partial charge in [0.1, 0.15) is 24.7 Å². The van der Waals surface area contributed by atoms with Crippen LogP contribution in [0.1, 0.15) is 16.7 Å². The van der Waals surface area contributed by atoms with E-state index >= 15 is 0 Å². The molecule has 0 saturated heterocycles. The summed E-state index contributed by atoms with van der Waals surface area (Å²) in [7, 11) is -2.55. The van der Waals surface area contributed by atoms with Crippen LogP contribution >= 0.6 is 0 Å². The maximum atomic E-state index is 13.4. The molecule has 200 valence electrons. The molecule has 0 heterocycles. The SMILES string of the molecule is COc1cccc(N(CC(=O)N/N=C\c2ccc(OCc3ccc(C)cc3)cc2)S(=O)(=O)c2ccccc2)c1. The van der Waals surface area contributed by atoms with Gasteiger partial charge in [0.15, 0.2) is 0 Å². The third-order valence-corrected chi connectivity index (χ3v) is 7.56. The van der Waals surface area contributed by atoms with Crippen LogP contribution in [0, 0.1) is 6.92 Å². The van der Waals surface area contributed by atoms with Crippen LogP contribution in [0.15, 0.2) is 113 Å². The van der Waals surface area contributed by atoms with Gasteiger partial charge in [-0.05, 0) is 66.6 Å². The van der Waals surface area contributed by atoms with Crippen molar-refractivity contribution >= 4 is 27.8 Å². The van der Waals surface area contributed by atoms with E-state index in [0.29, 0.717) is 23.8 Å². The van der Waals surface area contributed by atoms with Crippen molar-refractivity contribution in [3.05, 3.63) is 120 Å². The molecule has 4 aromatic rings. The second-order valence-electron chi connectivity index (χ2n) is 8.66. The number of carbonyl (C=O) groups is 1. The third kappa shape index (κ3) is 7.45. The van der Waals surface area contributed by atoms with Crippen LogP contribution < -0.4 is 19.2 Å². The van der Waals surface area contributed by atoms with E-state index in [1.54, 1.807) is 42.5 Å². The molecule has 0 atom stereocenters. The topological polar surface area (TPSA) is 97.3 Å². The Bertz CT molecular complexity index is 1520. The van der Waals surface area contributed by atoms with E-state index in [1.807, 2.05) is 55.5 Å². The van der Waals surface area contributed by atoms with Crippen molar-refractivity contribution in [2.24, 2.45) is 5.10 Å². The number of hydrogen-bond acceptors (Lipinski definition) is 6. The molecule has 1 amide bonds. The summed E-state index contributed by atoms with van der Waals surface area (Å²) < 4.78 is 38.9. The van der Waals surface area contributed by atoms with Gasteiger partial charge in [-0.1, -0.05) is 54.1 Å². The second kappa shape index (κ2) is 12.7. The van der Waals surface area contributed by atoms with Gasteiger partial charge in [-0.25, -0.2) is 13.8 Å². The average Bonchev–Trinajstić information content (AvgIpc) is 2.96. The Morgan fingerprint density at radius 3 is 2.31 bits per heavy atom. The van der Waals surface area contributed by atoms with Crippen LogP contribution in [0.5, 0.6) is 11.5 Å². The largest absolute Gasteiger partial charge is 0.497 e. The van der Waals surface area contributed by atoms with Gasteiger partial charge in [-0.15, -0.1) is 0 Å². The molecule has 0 aromatic heterocycles. The Kier molecular flexibility index (Phi) is 8.96. The standard InChI is InChI=1S/C30H29N3O5S/c1-23-11-13-25(14-12-23)22-38-27-17-15-24(16-18-27)20-31-32-30(34)21-33(26-7-6-8-28(19-26)37-2)39(35,36)29-9-4-3-5-10-29/h3-20H,21-22H2,1-2H3,(H,32,34)/b31-20-. The number of hydrogen-bond donors (Lipinski definition) is 1. The van der Waals surface area contributed by atoms with Crippen molar-refractivity contribution in [3.63, 3.8) is 0 Å². The van der Waals surface area contributed by atoms with Gasteiger partial charge in [-0.3, -0.25) is 9.10 Å². The number of sulfonamides is 1. The predicted molar refractivity (Wildman–Crippen MR) is 152 cm³/mol. The van der Waals surface area contributed by atoms with Gasteiger partial charge < -0.3 is 9.47 Å². The highest BCUT2D eigenvalue weighted by atomic mass is 32.2. The number of aryl methyl sites for hydroxylation is 1. The first kappa shape index (κ1) is 27.4. The average molecular weight is 544 g/mol. The molecule has 8 nitrogen and oxygen atoms in total. The molecule has 4 rings (SSSR count). The zero-order valence-electron chi connectivity index (χ0n) is 21.7. The first-order valence-corrected chi connectivity index (χ1v) is 13.6. The molecule has 0 unspecified atom stereocenters. The first-order chi connectivity index (χ1) is 18.8. The lowest BCUT2D eigenvalue weighted by atomic mass is 10.2. The Morgan fingerprint density at radius 1 is 0.897 bits per heavy atom. The van der Waals surface area contributed by atoms with E-state index in [2.05, 4.69) is 10.5 Å². The maximum Gasteiger partial charge on any atom is 0.264 e. The summed E-state index contributed by atoms with van der Waals surface area (Å²) >= 11 is 0. The number of nitrogens with zero attached hydrogens (tertiary/aromatic N) is 2. The van der Waals surface area contributed by atoms with E-state index in [-0.39, 0.29) is 4.90 Å². The summed E-state index contributed by atoms with van der Waals surface area (Å²) in [5.74, 6) is 0.564. The van der Waals surface area contributed by atoms with Crippen molar-refractivity contribution < 1.29 is 22.7 Å². The minimum absolute atomic E-state index is 0.0637. The number of benzene rings is 4. The summed E-state index contributed by atoms with van der Waals surface area (Å²) in [4.78, 5) is 12.8. The van der Waals surface area contributed by atoms with Crippen molar-refractivity contribution in [1.82, 2.24) is 5.43 Å². The molecule has 0 spiro atoms. The zero-order valence-corrected chi connectivity index (χ0v) is 22.5. The number of methoxy groups -OCH3 is 1. The fraction of sp³-hybridized carbons (Fsp3) is 0.133. The minimum Gasteiger partial charge on any atom is -0.497 e. The van der Waals surface area contributed by atoms with E-state index in [0.717, 1.165) is 15.4 Å². The zero-order chi connectivity index (χ0) is 27.7. The number of carbonyl (C=O) groups excluding carboxylic acids is 1. The number of rotatable bonds is 11. The van der Waals surface area contributed by atoms with Gasteiger partial charge in [0.25, 0.3) is 15.9 Å². The third-order valence-electron chi connectivity index (χ3n) is 5.77. The second-order valence-corrected chi connectivity index (χ2v) is 10.5. The lowest BCUT2D eigenvalue weighted by molar-refractivity contribution is -0.119. The molecule has 1 N–H and O–H groups in total. The summed E-state index contributed by atoms with van der Waals surface area (Å²) in [6.45, 7) is 2.02. The van der Waals surface area contributed by atoms with Crippen molar-refractivity contribution in [2.45, 2.75) is 18.4 Å². The monoisotopic (exact) mass is 543 g/mol. The van der Waals surface area contributed by atoms with E-state index < -0.39 is 22.5 Å². The molecule has 0 bridgehead atoms. The highest BCUT2D eigenvalue weighted by Gasteiger charge is 2.27. The lowest BCUT2D eigenvalue weighted by Crippen LogP contribution is -2.39. The van der Waals surface area contributed by atoms with Crippen LogP contribution in [0.3, 0.4) is 0 Å². The molecule has 9 heteroatoms. The molecule has 0 aliphatic carbocycles. The molecule has 39 heavy (non-hydrogen) atoms. The molecule has 0 radical (unpaired) electrons. The molecular weight excluding hydrogens is 514 g/mol.